The summed E-state index contributed by atoms with van der Waals surface area (Å²) >= 11 is 0. The maximum absolute atomic E-state index is 13.3. The van der Waals surface area contributed by atoms with Crippen molar-refractivity contribution in [3.05, 3.63) is 57.8 Å². The van der Waals surface area contributed by atoms with Gasteiger partial charge in [0.25, 0.3) is 5.56 Å². The van der Waals surface area contributed by atoms with Gasteiger partial charge in [-0.1, -0.05) is 6.07 Å². The molecule has 0 radical (unpaired) electrons. The van der Waals surface area contributed by atoms with Gasteiger partial charge < -0.3 is 14.8 Å². The van der Waals surface area contributed by atoms with E-state index in [1.807, 2.05) is 0 Å². The first-order valence-electron chi connectivity index (χ1n) is 11.6. The molecular weight excluding hydrogens is 507 g/mol. The Morgan fingerprint density at radius 2 is 1.92 bits per heavy atom. The number of nitrogens with one attached hydrogen (secondary N) is 2. The molecule has 5 heterocycles. The summed E-state index contributed by atoms with van der Waals surface area (Å²) in [4.78, 5) is 57.2. The third-order valence-electron chi connectivity index (χ3n) is 6.45. The van der Waals surface area contributed by atoms with Crippen molar-refractivity contribution in [2.24, 2.45) is 7.05 Å². The zero-order valence-electron chi connectivity index (χ0n) is 20.2. The zero-order chi connectivity index (χ0) is 27.2. The summed E-state index contributed by atoms with van der Waals surface area (Å²) < 4.78 is 42.4. The van der Waals surface area contributed by atoms with Crippen molar-refractivity contribution in [3.8, 4) is 11.3 Å². The molecule has 0 unspecified atom stereocenters. The molecule has 5 rings (SSSR count). The Morgan fingerprint density at radius 1 is 1.18 bits per heavy atom. The molecule has 198 valence electrons. The number of aromatic amines is 1. The highest BCUT2D eigenvalue weighted by Crippen LogP contribution is 2.34. The van der Waals surface area contributed by atoms with Gasteiger partial charge in [0.1, 0.15) is 17.9 Å². The molecule has 1 amide bonds. The van der Waals surface area contributed by atoms with Crippen LogP contribution < -0.4 is 21.5 Å². The average Bonchev–Trinajstić information content (AvgIpc) is 3.56. The van der Waals surface area contributed by atoms with Gasteiger partial charge in [0, 0.05) is 31.5 Å². The van der Waals surface area contributed by atoms with E-state index in [1.165, 1.54) is 34.9 Å². The van der Waals surface area contributed by atoms with Crippen LogP contribution in [0.3, 0.4) is 0 Å². The van der Waals surface area contributed by atoms with Gasteiger partial charge in [-0.3, -0.25) is 19.1 Å². The molecule has 0 bridgehead atoms. The van der Waals surface area contributed by atoms with Crippen molar-refractivity contribution in [1.29, 1.82) is 0 Å². The molecule has 2 atom stereocenters. The standard InChI is InChI=1S/C23H22F3N9O3/c1-12(35-11-29-18-17(35)20(37)32-22(38)33(18)2)19(36)31-16-7-3-5-14(30-16)13-9-27-21(28-10-13)34-8-4-6-15(34)23(24,25)26/h3,5,7,9-12,15H,4,6,8H2,1-2H3,(H,30,31,36)(H,32,37,38)/t12-,15-/m0/s1. The molecule has 12 nitrogen and oxygen atoms in total. The molecule has 0 aliphatic carbocycles. The number of alkyl halides is 3. The quantitative estimate of drug-likeness (QED) is 0.400. The minimum absolute atomic E-state index is 0.00227. The highest BCUT2D eigenvalue weighted by atomic mass is 19.4. The largest absolute Gasteiger partial charge is 0.408 e. The number of aryl methyl sites for hydroxylation is 1. The Hall–Kier alpha value is -4.56. The Balaban J connectivity index is 1.34. The number of nitrogens with zero attached hydrogens (tertiary/aromatic N) is 7. The van der Waals surface area contributed by atoms with Crippen LogP contribution in [0.25, 0.3) is 22.4 Å². The third kappa shape index (κ3) is 4.50. The predicted molar refractivity (Wildman–Crippen MR) is 131 cm³/mol. The van der Waals surface area contributed by atoms with Crippen LogP contribution in [0, 0.1) is 0 Å². The van der Waals surface area contributed by atoms with Gasteiger partial charge in [0.2, 0.25) is 11.9 Å². The Kier molecular flexibility index (Phi) is 6.20. The monoisotopic (exact) mass is 529 g/mol. The first-order chi connectivity index (χ1) is 18.0. The number of amides is 1. The van der Waals surface area contributed by atoms with E-state index in [2.05, 4.69) is 30.2 Å². The highest BCUT2D eigenvalue weighted by molar-refractivity contribution is 5.93. The number of rotatable bonds is 5. The number of anilines is 2. The fourth-order valence-electron chi connectivity index (χ4n) is 4.42. The number of halogens is 3. The van der Waals surface area contributed by atoms with Crippen molar-refractivity contribution in [3.63, 3.8) is 0 Å². The van der Waals surface area contributed by atoms with E-state index in [0.717, 1.165) is 4.90 Å². The zero-order valence-corrected chi connectivity index (χ0v) is 20.2. The molecule has 0 spiro atoms. The van der Waals surface area contributed by atoms with E-state index in [0.29, 0.717) is 17.7 Å². The number of carbonyl (C=O) groups excluding carboxylic acids is 1. The van der Waals surface area contributed by atoms with Crippen LogP contribution in [0.5, 0.6) is 0 Å². The van der Waals surface area contributed by atoms with Crippen LogP contribution in [-0.4, -0.2) is 58.7 Å². The summed E-state index contributed by atoms with van der Waals surface area (Å²) in [5.41, 5.74) is -0.233. The second-order valence-electron chi connectivity index (χ2n) is 8.88. The summed E-state index contributed by atoms with van der Waals surface area (Å²) in [6.45, 7) is 1.78. The number of H-pyrrole nitrogens is 1. The summed E-state index contributed by atoms with van der Waals surface area (Å²) in [6, 6.07) is 2.36. The molecule has 4 aromatic heterocycles. The number of aromatic nitrogens is 7. The predicted octanol–water partition coefficient (Wildman–Crippen LogP) is 2.01. The van der Waals surface area contributed by atoms with Gasteiger partial charge in [-0.05, 0) is 31.9 Å². The lowest BCUT2D eigenvalue weighted by molar-refractivity contribution is -0.146. The van der Waals surface area contributed by atoms with Crippen molar-refractivity contribution < 1.29 is 18.0 Å². The Morgan fingerprint density at radius 3 is 2.63 bits per heavy atom. The second kappa shape index (κ2) is 9.39. The van der Waals surface area contributed by atoms with Crippen LogP contribution in [0.2, 0.25) is 0 Å². The summed E-state index contributed by atoms with van der Waals surface area (Å²) in [6.07, 6.45) is 0.112. The smallest absolute Gasteiger partial charge is 0.329 e. The number of carbonyl (C=O) groups is 1. The van der Waals surface area contributed by atoms with Crippen LogP contribution >= 0.6 is 0 Å². The van der Waals surface area contributed by atoms with E-state index < -0.39 is 35.4 Å². The Bertz CT molecular complexity index is 1630. The number of imidazole rings is 1. The van der Waals surface area contributed by atoms with E-state index in [4.69, 9.17) is 0 Å². The first-order valence-corrected chi connectivity index (χ1v) is 11.6. The lowest BCUT2D eigenvalue weighted by atomic mass is 10.2. The molecule has 1 aliphatic heterocycles. The topological polar surface area (TPSA) is 144 Å². The first kappa shape index (κ1) is 25.1. The molecular formula is C23H22F3N9O3. The maximum atomic E-state index is 13.3. The van der Waals surface area contributed by atoms with Crippen molar-refractivity contribution >= 4 is 28.8 Å². The highest BCUT2D eigenvalue weighted by Gasteiger charge is 2.46. The van der Waals surface area contributed by atoms with Gasteiger partial charge in [-0.15, -0.1) is 0 Å². The van der Waals surface area contributed by atoms with Crippen LogP contribution in [0.1, 0.15) is 25.8 Å². The SMILES string of the molecule is C[C@@H](C(=O)Nc1cccc(-c2cnc(N3CCC[C@H]3C(F)(F)F)nc2)n1)n1cnc2c1c(=O)[nH]c(=O)n2C. The lowest BCUT2D eigenvalue weighted by Gasteiger charge is -2.26. The van der Waals surface area contributed by atoms with E-state index in [9.17, 15) is 27.6 Å². The molecule has 0 aromatic carbocycles. The molecule has 0 saturated carbocycles. The molecule has 38 heavy (non-hydrogen) atoms. The van der Waals surface area contributed by atoms with Gasteiger partial charge in [-0.25, -0.2) is 24.7 Å². The second-order valence-corrected chi connectivity index (χ2v) is 8.88. The average molecular weight is 529 g/mol. The van der Waals surface area contributed by atoms with Crippen molar-refractivity contribution in [1.82, 2.24) is 34.1 Å². The van der Waals surface area contributed by atoms with Crippen LogP contribution in [-0.2, 0) is 11.8 Å². The third-order valence-corrected chi connectivity index (χ3v) is 6.45. The molecule has 1 aliphatic rings. The minimum atomic E-state index is -4.36. The van der Waals surface area contributed by atoms with Crippen LogP contribution in [0.4, 0.5) is 24.9 Å². The fourth-order valence-corrected chi connectivity index (χ4v) is 4.42. The minimum Gasteiger partial charge on any atom is -0.329 e. The number of fused-ring (bicyclic) bond motifs is 1. The van der Waals surface area contributed by atoms with Gasteiger partial charge in [-0.2, -0.15) is 13.2 Å². The lowest BCUT2D eigenvalue weighted by Crippen LogP contribution is -2.42. The maximum Gasteiger partial charge on any atom is 0.408 e. The molecule has 4 aromatic rings. The molecule has 15 heteroatoms. The van der Waals surface area contributed by atoms with E-state index in [-0.39, 0.29) is 35.9 Å². The normalized spacial score (nSPS) is 16.7. The fraction of sp³-hybridized carbons (Fsp3) is 0.348. The van der Waals surface area contributed by atoms with Crippen molar-refractivity contribution in [2.45, 2.75) is 38.0 Å². The van der Waals surface area contributed by atoms with Gasteiger partial charge >= 0.3 is 11.9 Å². The van der Waals surface area contributed by atoms with E-state index >= 15 is 0 Å². The number of pyridine rings is 1. The van der Waals surface area contributed by atoms with Gasteiger partial charge in [0.15, 0.2) is 11.2 Å². The molecule has 2 N–H and O–H groups in total. The number of hydrogen-bond donors (Lipinski definition) is 2. The summed E-state index contributed by atoms with van der Waals surface area (Å²) in [5.74, 6) is -0.307. The summed E-state index contributed by atoms with van der Waals surface area (Å²) in [5, 5.41) is 2.68. The van der Waals surface area contributed by atoms with Gasteiger partial charge in [0.05, 0.1) is 12.0 Å². The Labute approximate surface area is 212 Å². The molecule has 1 fully saturated rings. The molecule has 1 saturated heterocycles. The summed E-state index contributed by atoms with van der Waals surface area (Å²) in [7, 11) is 1.45. The van der Waals surface area contributed by atoms with Crippen molar-refractivity contribution in [2.75, 3.05) is 16.8 Å². The number of hydrogen-bond acceptors (Lipinski definition) is 8. The van der Waals surface area contributed by atoms with Crippen LogP contribution in [0.15, 0.2) is 46.5 Å². The van der Waals surface area contributed by atoms with E-state index in [1.54, 1.807) is 25.1 Å².